The van der Waals surface area contributed by atoms with Gasteiger partial charge in [0.2, 0.25) is 0 Å². The van der Waals surface area contributed by atoms with E-state index in [0.29, 0.717) is 39.1 Å². The van der Waals surface area contributed by atoms with Crippen molar-refractivity contribution < 1.29 is 23.1 Å². The largest absolute Gasteiger partial charge is 0.481 e. The van der Waals surface area contributed by atoms with Gasteiger partial charge in [0, 0.05) is 25.7 Å². The average molecular weight is 292 g/mol. The number of morpholine rings is 1. The van der Waals surface area contributed by atoms with E-state index in [-0.39, 0.29) is 12.6 Å². The molecule has 2 aliphatic rings. The molecule has 0 aromatic carbocycles. The minimum Gasteiger partial charge on any atom is -0.481 e. The van der Waals surface area contributed by atoms with Gasteiger partial charge < -0.3 is 9.84 Å². The highest BCUT2D eigenvalue weighted by Gasteiger charge is 2.39. The normalized spacial score (nSPS) is 31.2. The third-order valence-corrected chi connectivity index (χ3v) is 5.89. The Labute approximate surface area is 113 Å². The molecule has 2 fully saturated rings. The number of hydrogen-bond donors (Lipinski definition) is 1. The predicted molar refractivity (Wildman–Crippen MR) is 67.8 cm³/mol. The molecule has 0 amide bonds. The van der Waals surface area contributed by atoms with Gasteiger partial charge in [0.25, 0.3) is 10.2 Å². The molecule has 0 radical (unpaired) electrons. The molecule has 7 nitrogen and oxygen atoms in total. The Hall–Kier alpha value is -0.700. The summed E-state index contributed by atoms with van der Waals surface area (Å²) in [5.41, 5.74) is 0. The molecular weight excluding hydrogens is 272 g/mol. The van der Waals surface area contributed by atoms with Crippen LogP contribution in [0.2, 0.25) is 0 Å². The van der Waals surface area contributed by atoms with Gasteiger partial charge in [-0.3, -0.25) is 4.79 Å². The van der Waals surface area contributed by atoms with Crippen LogP contribution in [-0.4, -0.2) is 67.0 Å². The van der Waals surface area contributed by atoms with Gasteiger partial charge >= 0.3 is 5.97 Å². The summed E-state index contributed by atoms with van der Waals surface area (Å²) in [5.74, 6) is -1.53. The Bertz CT molecular complexity index is 432. The van der Waals surface area contributed by atoms with Crippen LogP contribution in [0, 0.1) is 5.92 Å². The molecule has 0 bridgehead atoms. The Kier molecular flexibility index (Phi) is 4.44. The molecule has 2 saturated heterocycles. The standard InChI is InChI=1S/C11H20N2O5S/c1-9-2-3-10(11(14)15)8-13(9)19(16,17)12-4-6-18-7-5-12/h9-10H,2-8H2,1H3,(H,14,15). The Morgan fingerprint density at radius 1 is 1.26 bits per heavy atom. The Balaban J connectivity index is 2.14. The van der Waals surface area contributed by atoms with E-state index < -0.39 is 22.1 Å². The lowest BCUT2D eigenvalue weighted by Crippen LogP contribution is -2.54. The van der Waals surface area contributed by atoms with Crippen LogP contribution in [0.4, 0.5) is 0 Å². The Morgan fingerprint density at radius 3 is 2.47 bits per heavy atom. The fraction of sp³-hybridized carbons (Fsp3) is 0.909. The summed E-state index contributed by atoms with van der Waals surface area (Å²) in [6.07, 6.45) is 1.12. The zero-order valence-corrected chi connectivity index (χ0v) is 11.8. The van der Waals surface area contributed by atoms with Crippen molar-refractivity contribution in [2.75, 3.05) is 32.8 Å². The first-order valence-electron chi connectivity index (χ1n) is 6.50. The molecule has 0 aromatic rings. The first-order chi connectivity index (χ1) is 8.93. The monoisotopic (exact) mass is 292 g/mol. The fourth-order valence-electron chi connectivity index (χ4n) is 2.52. The second kappa shape index (κ2) is 5.74. The van der Waals surface area contributed by atoms with Gasteiger partial charge in [0.15, 0.2) is 0 Å². The minimum absolute atomic E-state index is 0.0657. The zero-order chi connectivity index (χ0) is 14.0. The van der Waals surface area contributed by atoms with Gasteiger partial charge in [-0.25, -0.2) is 0 Å². The maximum Gasteiger partial charge on any atom is 0.307 e. The van der Waals surface area contributed by atoms with Crippen LogP contribution in [0.3, 0.4) is 0 Å². The van der Waals surface area contributed by atoms with Crippen LogP contribution < -0.4 is 0 Å². The van der Waals surface area contributed by atoms with Crippen molar-refractivity contribution in [2.24, 2.45) is 5.92 Å². The quantitative estimate of drug-likeness (QED) is 0.775. The van der Waals surface area contributed by atoms with E-state index in [2.05, 4.69) is 0 Å². The summed E-state index contributed by atoms with van der Waals surface area (Å²) < 4.78 is 32.9. The number of carboxylic acids is 1. The van der Waals surface area contributed by atoms with Gasteiger partial charge in [-0.2, -0.15) is 17.0 Å². The molecule has 0 saturated carbocycles. The van der Waals surface area contributed by atoms with Crippen LogP contribution in [-0.2, 0) is 19.7 Å². The molecule has 8 heteroatoms. The molecule has 110 valence electrons. The predicted octanol–water partition coefficient (Wildman–Crippen LogP) is -0.251. The average Bonchev–Trinajstić information content (AvgIpc) is 2.39. The summed E-state index contributed by atoms with van der Waals surface area (Å²) >= 11 is 0. The lowest BCUT2D eigenvalue weighted by atomic mass is 9.96. The van der Waals surface area contributed by atoms with Crippen molar-refractivity contribution in [3.8, 4) is 0 Å². The number of rotatable bonds is 3. The summed E-state index contributed by atoms with van der Waals surface area (Å²) in [6, 6.07) is -0.150. The number of hydrogen-bond acceptors (Lipinski definition) is 4. The molecule has 1 N–H and O–H groups in total. The molecular formula is C11H20N2O5S. The van der Waals surface area contributed by atoms with Gasteiger partial charge in [-0.1, -0.05) is 0 Å². The van der Waals surface area contributed by atoms with E-state index >= 15 is 0 Å². The Morgan fingerprint density at radius 2 is 1.89 bits per heavy atom. The van der Waals surface area contributed by atoms with E-state index in [1.54, 1.807) is 0 Å². The maximum atomic E-state index is 12.5. The number of carboxylic acid groups (broad SMARTS) is 1. The number of aliphatic carboxylic acids is 1. The first kappa shape index (κ1) is 14.7. The molecule has 19 heavy (non-hydrogen) atoms. The topological polar surface area (TPSA) is 87.2 Å². The summed E-state index contributed by atoms with van der Waals surface area (Å²) in [6.45, 7) is 3.35. The van der Waals surface area contributed by atoms with Crippen molar-refractivity contribution in [3.05, 3.63) is 0 Å². The molecule has 0 spiro atoms. The molecule has 2 heterocycles. The molecule has 2 rings (SSSR count). The molecule has 2 atom stereocenters. The maximum absolute atomic E-state index is 12.5. The second-order valence-corrected chi connectivity index (χ2v) is 6.93. The minimum atomic E-state index is -3.58. The summed E-state index contributed by atoms with van der Waals surface area (Å²) in [5, 5.41) is 9.06. The highest BCUT2D eigenvalue weighted by molar-refractivity contribution is 7.86. The van der Waals surface area contributed by atoms with Crippen LogP contribution in [0.15, 0.2) is 0 Å². The number of ether oxygens (including phenoxy) is 1. The summed E-state index contributed by atoms with van der Waals surface area (Å²) in [4.78, 5) is 11.1. The van der Waals surface area contributed by atoms with E-state index in [9.17, 15) is 13.2 Å². The highest BCUT2D eigenvalue weighted by atomic mass is 32.2. The number of nitrogens with zero attached hydrogens (tertiary/aromatic N) is 2. The first-order valence-corrected chi connectivity index (χ1v) is 7.90. The van der Waals surface area contributed by atoms with Crippen LogP contribution in [0.25, 0.3) is 0 Å². The van der Waals surface area contributed by atoms with Crippen LogP contribution >= 0.6 is 0 Å². The lowest BCUT2D eigenvalue weighted by molar-refractivity contribution is -0.143. The third kappa shape index (κ3) is 3.07. The van der Waals surface area contributed by atoms with Crippen molar-refractivity contribution in [1.82, 2.24) is 8.61 Å². The van der Waals surface area contributed by atoms with E-state index in [1.807, 2.05) is 6.92 Å². The van der Waals surface area contributed by atoms with Crippen LogP contribution in [0.1, 0.15) is 19.8 Å². The van der Waals surface area contributed by atoms with E-state index in [0.717, 1.165) is 0 Å². The van der Waals surface area contributed by atoms with Gasteiger partial charge in [-0.05, 0) is 19.8 Å². The SMILES string of the molecule is CC1CCC(C(=O)O)CN1S(=O)(=O)N1CCOCC1. The lowest BCUT2D eigenvalue weighted by Gasteiger charge is -2.39. The van der Waals surface area contributed by atoms with Crippen molar-refractivity contribution in [1.29, 1.82) is 0 Å². The number of piperidine rings is 1. The van der Waals surface area contributed by atoms with Crippen molar-refractivity contribution >= 4 is 16.2 Å². The molecule has 0 aromatic heterocycles. The molecule has 0 aliphatic carbocycles. The fourth-order valence-corrected chi connectivity index (χ4v) is 4.36. The van der Waals surface area contributed by atoms with Gasteiger partial charge in [0.05, 0.1) is 19.1 Å². The third-order valence-electron chi connectivity index (χ3n) is 3.77. The smallest absolute Gasteiger partial charge is 0.307 e. The van der Waals surface area contributed by atoms with Crippen molar-refractivity contribution in [3.63, 3.8) is 0 Å². The van der Waals surface area contributed by atoms with Gasteiger partial charge in [-0.15, -0.1) is 0 Å². The van der Waals surface area contributed by atoms with Gasteiger partial charge in [0.1, 0.15) is 0 Å². The van der Waals surface area contributed by atoms with Crippen molar-refractivity contribution in [2.45, 2.75) is 25.8 Å². The zero-order valence-electron chi connectivity index (χ0n) is 11.0. The van der Waals surface area contributed by atoms with E-state index in [1.165, 1.54) is 8.61 Å². The van der Waals surface area contributed by atoms with E-state index in [4.69, 9.17) is 9.84 Å². The summed E-state index contributed by atoms with van der Waals surface area (Å²) in [7, 11) is -3.58. The second-order valence-electron chi connectivity index (χ2n) is 5.05. The molecule has 2 unspecified atom stereocenters. The highest BCUT2D eigenvalue weighted by Crippen LogP contribution is 2.26. The number of carbonyl (C=O) groups is 1. The van der Waals surface area contributed by atoms with Crippen LogP contribution in [0.5, 0.6) is 0 Å². The molecule has 2 aliphatic heterocycles.